The number of piperidine rings is 1. The molecule has 6 heteroatoms. The molecule has 1 atom stereocenters. The van der Waals surface area contributed by atoms with Crippen molar-refractivity contribution in [1.82, 2.24) is 10.2 Å². The van der Waals surface area contributed by atoms with Crippen LogP contribution in [0.4, 0.5) is 13.6 Å². The van der Waals surface area contributed by atoms with Crippen LogP contribution < -0.4 is 10.1 Å². The molecule has 1 fully saturated rings. The molecule has 1 spiro atoms. The number of ether oxygens (including phenoxy) is 1. The van der Waals surface area contributed by atoms with Crippen molar-refractivity contribution in [3.63, 3.8) is 0 Å². The Labute approximate surface area is 162 Å². The highest BCUT2D eigenvalue weighted by Gasteiger charge is 2.38. The number of amides is 2. The highest BCUT2D eigenvalue weighted by Crippen LogP contribution is 2.37. The lowest BCUT2D eigenvalue weighted by Crippen LogP contribution is -2.52. The number of nitrogens with zero attached hydrogens (tertiary/aromatic N) is 1. The smallest absolute Gasteiger partial charge is 0.318 e. The fourth-order valence-electron chi connectivity index (χ4n) is 3.74. The molecule has 2 amide bonds. The molecule has 0 saturated carbocycles. The maximum atomic E-state index is 13.5. The first-order valence-corrected chi connectivity index (χ1v) is 9.42. The van der Waals surface area contributed by atoms with Crippen molar-refractivity contribution < 1.29 is 18.3 Å². The molecule has 2 aromatic carbocycles. The number of halogens is 2. The number of benzene rings is 2. The van der Waals surface area contributed by atoms with E-state index in [1.54, 1.807) is 35.2 Å². The van der Waals surface area contributed by atoms with E-state index in [1.165, 1.54) is 0 Å². The molecule has 0 unspecified atom stereocenters. The molecule has 2 aromatic rings. The molecule has 0 bridgehead atoms. The summed E-state index contributed by atoms with van der Waals surface area (Å²) in [5, 5.41) is 2.49. The maximum absolute atomic E-state index is 13.5. The summed E-state index contributed by atoms with van der Waals surface area (Å²) in [6.45, 7) is 0.895. The quantitative estimate of drug-likeness (QED) is 0.837. The van der Waals surface area contributed by atoms with Gasteiger partial charge in [-0.05, 0) is 17.7 Å². The van der Waals surface area contributed by atoms with Gasteiger partial charge in [0.2, 0.25) is 0 Å². The molecule has 0 radical (unpaired) electrons. The van der Waals surface area contributed by atoms with Gasteiger partial charge >= 0.3 is 6.03 Å². The second-order valence-electron chi connectivity index (χ2n) is 7.20. The minimum Gasteiger partial charge on any atom is -0.482 e. The predicted octanol–water partition coefficient (Wildman–Crippen LogP) is 4.64. The molecule has 1 saturated heterocycles. The third-order valence-electron chi connectivity index (χ3n) is 5.39. The van der Waals surface area contributed by atoms with Crippen LogP contribution >= 0.6 is 0 Å². The van der Waals surface area contributed by atoms with Gasteiger partial charge in [-0.15, -0.1) is 0 Å². The van der Waals surface area contributed by atoms with E-state index in [1.807, 2.05) is 24.3 Å². The van der Waals surface area contributed by atoms with Crippen molar-refractivity contribution >= 4 is 12.1 Å². The van der Waals surface area contributed by atoms with Crippen LogP contribution in [0.15, 0.2) is 60.7 Å². The Morgan fingerprint density at radius 2 is 1.71 bits per heavy atom. The minimum atomic E-state index is -2.68. The van der Waals surface area contributed by atoms with Crippen molar-refractivity contribution in [3.8, 4) is 5.75 Å². The Hall–Kier alpha value is -2.89. The number of urea groups is 1. The average Bonchev–Trinajstić information content (AvgIpc) is 2.72. The van der Waals surface area contributed by atoms with Gasteiger partial charge in [0.25, 0.3) is 6.43 Å². The Morgan fingerprint density at radius 1 is 1.04 bits per heavy atom. The summed E-state index contributed by atoms with van der Waals surface area (Å²) in [5.41, 5.74) is 0.998. The first kappa shape index (κ1) is 18.5. The molecule has 4 nitrogen and oxygen atoms in total. The van der Waals surface area contributed by atoms with E-state index in [0.717, 1.165) is 11.3 Å². The molecule has 1 N–H and O–H groups in total. The maximum Gasteiger partial charge on any atom is 0.318 e. The third kappa shape index (κ3) is 3.72. The largest absolute Gasteiger partial charge is 0.482 e. The van der Waals surface area contributed by atoms with Gasteiger partial charge in [-0.2, -0.15) is 0 Å². The van der Waals surface area contributed by atoms with Crippen molar-refractivity contribution in [2.45, 2.75) is 30.9 Å². The minimum absolute atomic E-state index is 0.398. The molecule has 146 valence electrons. The van der Waals surface area contributed by atoms with Gasteiger partial charge in [0.05, 0.1) is 0 Å². The molecule has 4 rings (SSSR count). The molecule has 2 aliphatic heterocycles. The standard InChI is InChI=1S/C22H22F2N2O2/c23-20(24)19(17-7-2-1-3-8-17)25-21(27)26-14-12-22(13-15-26)11-10-16-6-4-5-9-18(16)28-22/h1-11,19-20H,12-15H2,(H,25,27)/t19-/m1/s1. The van der Waals surface area contributed by atoms with Crippen LogP contribution in [0.25, 0.3) is 6.08 Å². The molecule has 0 aromatic heterocycles. The zero-order valence-corrected chi connectivity index (χ0v) is 15.4. The number of likely N-dealkylation sites (tertiary alicyclic amines) is 1. The van der Waals surface area contributed by atoms with Gasteiger partial charge in [0, 0.05) is 31.5 Å². The van der Waals surface area contributed by atoms with Gasteiger partial charge in [-0.3, -0.25) is 0 Å². The summed E-state index contributed by atoms with van der Waals surface area (Å²) >= 11 is 0. The summed E-state index contributed by atoms with van der Waals surface area (Å²) in [5.74, 6) is 0.838. The number of hydrogen-bond acceptors (Lipinski definition) is 2. The monoisotopic (exact) mass is 384 g/mol. The lowest BCUT2D eigenvalue weighted by atomic mass is 9.88. The molecular weight excluding hydrogens is 362 g/mol. The molecular formula is C22H22F2N2O2. The van der Waals surface area contributed by atoms with Crippen molar-refractivity contribution in [2.75, 3.05) is 13.1 Å². The number of nitrogens with one attached hydrogen (secondary N) is 1. The lowest BCUT2D eigenvalue weighted by molar-refractivity contribution is 0.0458. The Balaban J connectivity index is 1.39. The van der Waals surface area contributed by atoms with Crippen molar-refractivity contribution in [2.24, 2.45) is 0 Å². The highest BCUT2D eigenvalue weighted by atomic mass is 19.3. The van der Waals surface area contributed by atoms with E-state index >= 15 is 0 Å². The summed E-state index contributed by atoms with van der Waals surface area (Å²) in [7, 11) is 0. The lowest BCUT2D eigenvalue weighted by Gasteiger charge is -2.42. The van der Waals surface area contributed by atoms with E-state index in [4.69, 9.17) is 4.74 Å². The molecule has 28 heavy (non-hydrogen) atoms. The number of fused-ring (bicyclic) bond motifs is 1. The fraction of sp³-hybridized carbons (Fsp3) is 0.318. The van der Waals surface area contributed by atoms with Gasteiger partial charge < -0.3 is 15.0 Å². The van der Waals surface area contributed by atoms with Crippen LogP contribution in [-0.4, -0.2) is 36.0 Å². The number of carbonyl (C=O) groups is 1. The predicted molar refractivity (Wildman–Crippen MR) is 103 cm³/mol. The zero-order valence-electron chi connectivity index (χ0n) is 15.4. The second kappa shape index (κ2) is 7.62. The van der Waals surface area contributed by atoms with E-state index in [-0.39, 0.29) is 0 Å². The van der Waals surface area contributed by atoms with Crippen molar-refractivity contribution in [3.05, 3.63) is 71.8 Å². The Morgan fingerprint density at radius 3 is 2.43 bits per heavy atom. The topological polar surface area (TPSA) is 41.6 Å². The van der Waals surface area contributed by atoms with E-state index < -0.39 is 24.1 Å². The first-order valence-electron chi connectivity index (χ1n) is 9.42. The number of hydrogen-bond donors (Lipinski definition) is 1. The molecule has 0 aliphatic carbocycles. The van der Waals surface area contributed by atoms with Gasteiger partial charge in [0.1, 0.15) is 17.4 Å². The summed E-state index contributed by atoms with van der Waals surface area (Å²) in [6.07, 6.45) is 2.67. The third-order valence-corrected chi connectivity index (χ3v) is 5.39. The normalized spacial score (nSPS) is 18.5. The number of alkyl halides is 2. The Kier molecular flexibility index (Phi) is 5.03. The van der Waals surface area contributed by atoms with Crippen LogP contribution in [0.2, 0.25) is 0 Å². The first-order chi connectivity index (χ1) is 13.6. The Bertz CT molecular complexity index is 862. The summed E-state index contributed by atoms with van der Waals surface area (Å²) in [6, 6.07) is 14.4. The van der Waals surface area contributed by atoms with E-state index in [0.29, 0.717) is 31.5 Å². The fourth-order valence-corrected chi connectivity index (χ4v) is 3.74. The SMILES string of the molecule is O=C(N[C@H](c1ccccc1)C(F)F)N1CCC2(C=Cc3ccccc3O2)CC1. The zero-order chi connectivity index (χ0) is 19.6. The van der Waals surface area contributed by atoms with Crippen LogP contribution in [0.5, 0.6) is 5.75 Å². The summed E-state index contributed by atoms with van der Waals surface area (Å²) in [4.78, 5) is 14.2. The second-order valence-corrected chi connectivity index (χ2v) is 7.20. The van der Waals surface area contributed by atoms with Crippen molar-refractivity contribution in [1.29, 1.82) is 0 Å². The number of rotatable bonds is 3. The number of carbonyl (C=O) groups excluding carboxylic acids is 1. The van der Waals surface area contributed by atoms with Gasteiger partial charge in [0.15, 0.2) is 0 Å². The van der Waals surface area contributed by atoms with Gasteiger partial charge in [-0.25, -0.2) is 13.6 Å². The van der Waals surface area contributed by atoms with E-state index in [9.17, 15) is 13.6 Å². The van der Waals surface area contributed by atoms with Crippen LogP contribution in [-0.2, 0) is 0 Å². The highest BCUT2D eigenvalue weighted by molar-refractivity contribution is 5.75. The number of para-hydroxylation sites is 1. The molecule has 2 aliphatic rings. The van der Waals surface area contributed by atoms with Gasteiger partial charge in [-0.1, -0.05) is 54.6 Å². The average molecular weight is 384 g/mol. The summed E-state index contributed by atoms with van der Waals surface area (Å²) < 4.78 is 33.2. The molecule has 2 heterocycles. The van der Waals surface area contributed by atoms with Crippen LogP contribution in [0.1, 0.15) is 30.0 Å². The van der Waals surface area contributed by atoms with E-state index in [2.05, 4.69) is 17.5 Å². The van der Waals surface area contributed by atoms with Crippen LogP contribution in [0.3, 0.4) is 0 Å². The van der Waals surface area contributed by atoms with Crippen LogP contribution in [0, 0.1) is 0 Å².